The van der Waals surface area contributed by atoms with E-state index in [4.69, 9.17) is 0 Å². The van der Waals surface area contributed by atoms with Crippen molar-refractivity contribution in [3.8, 4) is 0 Å². The number of hydrogen-bond donors (Lipinski definition) is 1. The van der Waals surface area contributed by atoms with Gasteiger partial charge in [0.2, 0.25) is 0 Å². The van der Waals surface area contributed by atoms with Crippen LogP contribution < -0.4 is 5.32 Å². The number of piperidine rings is 1. The molecule has 112 valence electrons. The summed E-state index contributed by atoms with van der Waals surface area (Å²) < 4.78 is 0. The van der Waals surface area contributed by atoms with Crippen LogP contribution in [-0.2, 0) is 13.1 Å². The largest absolute Gasteiger partial charge is 0.310 e. The van der Waals surface area contributed by atoms with Crippen molar-refractivity contribution < 1.29 is 0 Å². The summed E-state index contributed by atoms with van der Waals surface area (Å²) in [4.78, 5) is 2.63. The van der Waals surface area contributed by atoms with Crippen molar-refractivity contribution in [3.05, 3.63) is 35.4 Å². The molecule has 2 atom stereocenters. The van der Waals surface area contributed by atoms with Gasteiger partial charge in [0.1, 0.15) is 0 Å². The Labute approximate surface area is 124 Å². The van der Waals surface area contributed by atoms with Gasteiger partial charge in [-0.3, -0.25) is 4.90 Å². The van der Waals surface area contributed by atoms with Gasteiger partial charge in [-0.15, -0.1) is 0 Å². The standard InChI is InChI=1S/C18H30N2/c1-14(2)19-12-17-7-9-18(10-8-17)13-20-11-5-6-15(3)16(20)4/h7-10,14-16,19H,5-6,11-13H2,1-4H3. The number of hydrogen-bond acceptors (Lipinski definition) is 2. The molecule has 1 N–H and O–H groups in total. The van der Waals surface area contributed by atoms with Gasteiger partial charge < -0.3 is 5.32 Å². The number of benzene rings is 1. The predicted molar refractivity (Wildman–Crippen MR) is 86.7 cm³/mol. The van der Waals surface area contributed by atoms with E-state index in [9.17, 15) is 0 Å². The molecule has 1 aromatic carbocycles. The summed E-state index contributed by atoms with van der Waals surface area (Å²) in [6, 6.07) is 10.4. The van der Waals surface area contributed by atoms with E-state index in [2.05, 4.69) is 62.2 Å². The molecule has 0 spiro atoms. The predicted octanol–water partition coefficient (Wildman–Crippen LogP) is 3.81. The van der Waals surface area contributed by atoms with Gasteiger partial charge in [0, 0.05) is 25.2 Å². The van der Waals surface area contributed by atoms with E-state index < -0.39 is 0 Å². The quantitative estimate of drug-likeness (QED) is 0.878. The molecule has 0 amide bonds. The van der Waals surface area contributed by atoms with E-state index in [0.29, 0.717) is 12.1 Å². The summed E-state index contributed by atoms with van der Waals surface area (Å²) in [5.74, 6) is 0.832. The molecule has 0 radical (unpaired) electrons. The third-order valence-electron chi connectivity index (χ3n) is 4.63. The van der Waals surface area contributed by atoms with Crippen LogP contribution in [0.5, 0.6) is 0 Å². The van der Waals surface area contributed by atoms with Crippen LogP contribution in [0.2, 0.25) is 0 Å². The first-order valence-electron chi connectivity index (χ1n) is 8.11. The first-order valence-corrected chi connectivity index (χ1v) is 8.11. The lowest BCUT2D eigenvalue weighted by Crippen LogP contribution is -2.41. The van der Waals surface area contributed by atoms with Gasteiger partial charge in [-0.2, -0.15) is 0 Å². The van der Waals surface area contributed by atoms with Crippen molar-refractivity contribution in [2.75, 3.05) is 6.54 Å². The molecule has 0 bridgehead atoms. The van der Waals surface area contributed by atoms with Crippen molar-refractivity contribution in [1.29, 1.82) is 0 Å². The molecular formula is C18H30N2. The lowest BCUT2D eigenvalue weighted by Gasteiger charge is -2.38. The normalized spacial score (nSPS) is 24.2. The molecule has 0 aliphatic carbocycles. The SMILES string of the molecule is CC(C)NCc1ccc(CN2CCCC(C)C2C)cc1. The van der Waals surface area contributed by atoms with Gasteiger partial charge in [0.15, 0.2) is 0 Å². The monoisotopic (exact) mass is 274 g/mol. The van der Waals surface area contributed by atoms with Gasteiger partial charge in [0.25, 0.3) is 0 Å². The van der Waals surface area contributed by atoms with Gasteiger partial charge in [-0.25, -0.2) is 0 Å². The van der Waals surface area contributed by atoms with E-state index >= 15 is 0 Å². The van der Waals surface area contributed by atoms with Crippen LogP contribution in [0.25, 0.3) is 0 Å². The first-order chi connectivity index (χ1) is 9.56. The molecule has 1 heterocycles. The Morgan fingerprint density at radius 3 is 2.45 bits per heavy atom. The average Bonchev–Trinajstić information content (AvgIpc) is 2.43. The Morgan fingerprint density at radius 2 is 1.80 bits per heavy atom. The number of likely N-dealkylation sites (tertiary alicyclic amines) is 1. The van der Waals surface area contributed by atoms with Crippen LogP contribution in [0.4, 0.5) is 0 Å². The molecule has 2 nitrogen and oxygen atoms in total. The Balaban J connectivity index is 1.90. The minimum absolute atomic E-state index is 0.547. The van der Waals surface area contributed by atoms with Crippen LogP contribution in [0.15, 0.2) is 24.3 Å². The lowest BCUT2D eigenvalue weighted by atomic mass is 9.91. The van der Waals surface area contributed by atoms with Crippen LogP contribution in [0.1, 0.15) is 51.7 Å². The highest BCUT2D eigenvalue weighted by Crippen LogP contribution is 2.24. The van der Waals surface area contributed by atoms with Crippen LogP contribution in [0.3, 0.4) is 0 Å². The first kappa shape index (κ1) is 15.5. The summed E-state index contributed by atoms with van der Waals surface area (Å²) in [5, 5.41) is 3.47. The summed E-state index contributed by atoms with van der Waals surface area (Å²) in [6.07, 6.45) is 2.74. The molecule has 1 fully saturated rings. The fourth-order valence-electron chi connectivity index (χ4n) is 2.96. The van der Waals surface area contributed by atoms with Gasteiger partial charge >= 0.3 is 0 Å². The third-order valence-corrected chi connectivity index (χ3v) is 4.63. The Kier molecular flexibility index (Phi) is 5.62. The van der Waals surface area contributed by atoms with E-state index in [1.54, 1.807) is 0 Å². The highest BCUT2D eigenvalue weighted by atomic mass is 15.2. The maximum Gasteiger partial charge on any atom is 0.0236 e. The fourth-order valence-corrected chi connectivity index (χ4v) is 2.96. The smallest absolute Gasteiger partial charge is 0.0236 e. The summed E-state index contributed by atoms with van der Waals surface area (Å²) in [6.45, 7) is 12.5. The summed E-state index contributed by atoms with van der Waals surface area (Å²) >= 11 is 0. The van der Waals surface area contributed by atoms with Gasteiger partial charge in [-0.05, 0) is 43.4 Å². The van der Waals surface area contributed by atoms with Crippen molar-refractivity contribution in [3.63, 3.8) is 0 Å². The Hall–Kier alpha value is -0.860. The lowest BCUT2D eigenvalue weighted by molar-refractivity contribution is 0.106. The second-order valence-corrected chi connectivity index (χ2v) is 6.68. The average molecular weight is 274 g/mol. The number of rotatable bonds is 5. The Morgan fingerprint density at radius 1 is 1.15 bits per heavy atom. The molecule has 0 aromatic heterocycles. The summed E-state index contributed by atoms with van der Waals surface area (Å²) in [7, 11) is 0. The van der Waals surface area contributed by atoms with Crippen LogP contribution in [-0.4, -0.2) is 23.5 Å². The van der Waals surface area contributed by atoms with Gasteiger partial charge in [0.05, 0.1) is 0 Å². The molecule has 20 heavy (non-hydrogen) atoms. The molecule has 1 aliphatic rings. The van der Waals surface area contributed by atoms with Crippen molar-refractivity contribution in [2.45, 2.75) is 65.7 Å². The molecule has 2 rings (SSSR count). The van der Waals surface area contributed by atoms with Crippen molar-refractivity contribution in [1.82, 2.24) is 10.2 Å². The highest BCUT2D eigenvalue weighted by Gasteiger charge is 2.24. The van der Waals surface area contributed by atoms with E-state index in [0.717, 1.165) is 19.0 Å². The molecule has 2 heteroatoms. The van der Waals surface area contributed by atoms with Gasteiger partial charge in [-0.1, -0.05) is 45.0 Å². The van der Waals surface area contributed by atoms with Crippen molar-refractivity contribution in [2.24, 2.45) is 5.92 Å². The fraction of sp³-hybridized carbons (Fsp3) is 0.667. The summed E-state index contributed by atoms with van der Waals surface area (Å²) in [5.41, 5.74) is 2.82. The topological polar surface area (TPSA) is 15.3 Å². The highest BCUT2D eigenvalue weighted by molar-refractivity contribution is 5.22. The zero-order valence-electron chi connectivity index (χ0n) is 13.5. The van der Waals surface area contributed by atoms with E-state index in [1.807, 2.05) is 0 Å². The Bertz CT molecular complexity index is 396. The molecule has 2 unspecified atom stereocenters. The second kappa shape index (κ2) is 7.24. The molecule has 1 aliphatic heterocycles. The van der Waals surface area contributed by atoms with E-state index in [-0.39, 0.29) is 0 Å². The maximum absolute atomic E-state index is 3.47. The molecule has 0 saturated carbocycles. The van der Waals surface area contributed by atoms with Crippen LogP contribution >= 0.6 is 0 Å². The van der Waals surface area contributed by atoms with Crippen LogP contribution in [0, 0.1) is 5.92 Å². The molecular weight excluding hydrogens is 244 g/mol. The zero-order chi connectivity index (χ0) is 14.5. The zero-order valence-corrected chi connectivity index (χ0v) is 13.5. The van der Waals surface area contributed by atoms with Crippen molar-refractivity contribution >= 4 is 0 Å². The molecule has 1 saturated heterocycles. The second-order valence-electron chi connectivity index (χ2n) is 6.68. The number of nitrogens with one attached hydrogen (secondary N) is 1. The van der Waals surface area contributed by atoms with E-state index in [1.165, 1.54) is 30.5 Å². The minimum Gasteiger partial charge on any atom is -0.310 e. The maximum atomic E-state index is 3.47. The minimum atomic E-state index is 0.547. The third kappa shape index (κ3) is 4.32. The number of nitrogens with zero attached hydrogens (tertiary/aromatic N) is 1. The molecule has 1 aromatic rings.